The van der Waals surface area contributed by atoms with Gasteiger partial charge in [0.15, 0.2) is 0 Å². The summed E-state index contributed by atoms with van der Waals surface area (Å²) in [6, 6.07) is 7.95. The van der Waals surface area contributed by atoms with Crippen LogP contribution in [0, 0.1) is 17.2 Å². The van der Waals surface area contributed by atoms with Crippen LogP contribution in [0.15, 0.2) is 18.2 Å². The average molecular weight is 280 g/mol. The minimum Gasteiger partial charge on any atom is -0.308 e. The Balaban J connectivity index is 2.67. The minimum atomic E-state index is 0.418. The van der Waals surface area contributed by atoms with Gasteiger partial charge in [-0.15, -0.1) is 0 Å². The number of halogens is 1. The monoisotopic (exact) mass is 279 g/mol. The highest BCUT2D eigenvalue weighted by Gasteiger charge is 2.14. The second-order valence-corrected chi connectivity index (χ2v) is 5.82. The highest BCUT2D eigenvalue weighted by Crippen LogP contribution is 2.18. The second kappa shape index (κ2) is 7.49. The molecule has 104 valence electrons. The Morgan fingerprint density at radius 2 is 2.05 bits per heavy atom. The van der Waals surface area contributed by atoms with E-state index in [0.717, 1.165) is 18.7 Å². The molecule has 1 aromatic rings. The third kappa shape index (κ3) is 5.20. The van der Waals surface area contributed by atoms with Gasteiger partial charge in [0.2, 0.25) is 0 Å². The fraction of sp³-hybridized carbons (Fsp3) is 0.533. The predicted octanol–water partition coefficient (Wildman–Crippen LogP) is 2.89. The molecule has 0 radical (unpaired) electrons. The van der Waals surface area contributed by atoms with Crippen molar-refractivity contribution >= 4 is 11.6 Å². The topological polar surface area (TPSA) is 39.1 Å². The van der Waals surface area contributed by atoms with Gasteiger partial charge in [-0.25, -0.2) is 0 Å². The summed E-state index contributed by atoms with van der Waals surface area (Å²) < 4.78 is 0. The molecular weight excluding hydrogens is 258 g/mol. The first-order valence-corrected chi connectivity index (χ1v) is 6.88. The summed E-state index contributed by atoms with van der Waals surface area (Å²) in [5.41, 5.74) is 1.63. The summed E-state index contributed by atoms with van der Waals surface area (Å²) in [6.07, 6.45) is 0. The third-order valence-electron chi connectivity index (χ3n) is 3.10. The van der Waals surface area contributed by atoms with Gasteiger partial charge in [-0.2, -0.15) is 5.26 Å². The van der Waals surface area contributed by atoms with Gasteiger partial charge in [0.1, 0.15) is 0 Å². The maximum absolute atomic E-state index is 8.81. The fourth-order valence-electron chi connectivity index (χ4n) is 1.91. The number of nitriles is 1. The van der Waals surface area contributed by atoms with E-state index in [-0.39, 0.29) is 0 Å². The lowest BCUT2D eigenvalue weighted by Crippen LogP contribution is -2.41. The van der Waals surface area contributed by atoms with Gasteiger partial charge in [-0.05, 0) is 37.7 Å². The minimum absolute atomic E-state index is 0.418. The van der Waals surface area contributed by atoms with Crippen molar-refractivity contribution in [2.45, 2.75) is 26.4 Å². The normalized spacial score (nSPS) is 12.7. The molecule has 0 aliphatic carbocycles. The average Bonchev–Trinajstić information content (AvgIpc) is 2.34. The number of hydrogen-bond donors (Lipinski definition) is 1. The van der Waals surface area contributed by atoms with Crippen molar-refractivity contribution in [2.24, 2.45) is 5.92 Å². The van der Waals surface area contributed by atoms with E-state index in [4.69, 9.17) is 16.9 Å². The van der Waals surface area contributed by atoms with Gasteiger partial charge in [-0.3, -0.25) is 0 Å². The molecule has 0 aliphatic rings. The number of rotatable bonds is 6. The fourth-order valence-corrected chi connectivity index (χ4v) is 2.15. The molecule has 0 spiro atoms. The molecule has 0 aliphatic heterocycles. The first kappa shape index (κ1) is 16.0. The Morgan fingerprint density at radius 1 is 1.37 bits per heavy atom. The first-order valence-electron chi connectivity index (χ1n) is 6.50. The van der Waals surface area contributed by atoms with Gasteiger partial charge in [0, 0.05) is 24.2 Å². The van der Waals surface area contributed by atoms with Gasteiger partial charge >= 0.3 is 0 Å². The first-order chi connectivity index (χ1) is 8.93. The highest BCUT2D eigenvalue weighted by atomic mass is 35.5. The van der Waals surface area contributed by atoms with Crippen molar-refractivity contribution in [2.75, 3.05) is 20.6 Å². The van der Waals surface area contributed by atoms with Gasteiger partial charge < -0.3 is 10.2 Å². The molecule has 0 bridgehead atoms. The Kier molecular flexibility index (Phi) is 6.30. The number of hydrogen-bond acceptors (Lipinski definition) is 3. The van der Waals surface area contributed by atoms with Crippen LogP contribution in [0.3, 0.4) is 0 Å². The summed E-state index contributed by atoms with van der Waals surface area (Å²) in [5.74, 6) is 0.555. The number of benzene rings is 1. The molecule has 3 nitrogen and oxygen atoms in total. The van der Waals surface area contributed by atoms with Crippen LogP contribution in [0.1, 0.15) is 25.0 Å². The molecule has 0 amide bonds. The molecule has 0 saturated heterocycles. The van der Waals surface area contributed by atoms with E-state index in [2.05, 4.69) is 44.2 Å². The van der Waals surface area contributed by atoms with Crippen LogP contribution in [0.4, 0.5) is 0 Å². The lowest BCUT2D eigenvalue weighted by molar-refractivity contribution is 0.288. The molecule has 0 saturated carbocycles. The molecular formula is C15H22ClN3. The molecule has 1 aromatic carbocycles. The third-order valence-corrected chi connectivity index (χ3v) is 3.46. The zero-order valence-electron chi connectivity index (χ0n) is 12.1. The van der Waals surface area contributed by atoms with E-state index in [1.54, 1.807) is 12.1 Å². The molecule has 1 atom stereocenters. The van der Waals surface area contributed by atoms with Crippen molar-refractivity contribution in [3.63, 3.8) is 0 Å². The molecule has 1 unspecified atom stereocenters. The molecule has 19 heavy (non-hydrogen) atoms. The van der Waals surface area contributed by atoms with E-state index in [1.807, 2.05) is 6.07 Å². The van der Waals surface area contributed by atoms with E-state index in [9.17, 15) is 0 Å². The Labute approximate surface area is 121 Å². The van der Waals surface area contributed by atoms with Crippen LogP contribution in [0.25, 0.3) is 0 Å². The van der Waals surface area contributed by atoms with Crippen LogP contribution < -0.4 is 5.32 Å². The number of likely N-dealkylation sites (N-methyl/N-ethyl adjacent to an activating group) is 1. The van der Waals surface area contributed by atoms with Crippen LogP contribution >= 0.6 is 11.6 Å². The van der Waals surface area contributed by atoms with Gasteiger partial charge in [-0.1, -0.05) is 31.5 Å². The zero-order chi connectivity index (χ0) is 14.4. The highest BCUT2D eigenvalue weighted by molar-refractivity contribution is 6.31. The van der Waals surface area contributed by atoms with Crippen molar-refractivity contribution in [3.8, 4) is 6.07 Å². The zero-order valence-corrected chi connectivity index (χ0v) is 12.8. The predicted molar refractivity (Wildman–Crippen MR) is 80.2 cm³/mol. The Bertz CT molecular complexity index is 449. The summed E-state index contributed by atoms with van der Waals surface area (Å²) in [4.78, 5) is 2.18. The Hall–Kier alpha value is -1.08. The quantitative estimate of drug-likeness (QED) is 0.870. The van der Waals surface area contributed by atoms with E-state index >= 15 is 0 Å². The smallest absolute Gasteiger partial charge is 0.0992 e. The molecule has 1 N–H and O–H groups in total. The molecule has 0 heterocycles. The maximum Gasteiger partial charge on any atom is 0.0992 e. The maximum atomic E-state index is 8.81. The number of nitrogens with zero attached hydrogens (tertiary/aromatic N) is 2. The van der Waals surface area contributed by atoms with Crippen molar-refractivity contribution in [3.05, 3.63) is 34.3 Å². The van der Waals surface area contributed by atoms with E-state index in [0.29, 0.717) is 22.5 Å². The van der Waals surface area contributed by atoms with Gasteiger partial charge in [0.05, 0.1) is 11.6 Å². The lowest BCUT2D eigenvalue weighted by Gasteiger charge is -2.26. The standard InChI is InChI=1S/C15H22ClN3/c1-11(2)15(10-19(3)4)18-9-13-6-5-12(8-17)7-14(13)16/h5-7,11,15,18H,9-10H2,1-4H3. The summed E-state index contributed by atoms with van der Waals surface area (Å²) in [6.45, 7) is 6.13. The molecule has 0 fully saturated rings. The van der Waals surface area contributed by atoms with Crippen LogP contribution in [0.2, 0.25) is 5.02 Å². The lowest BCUT2D eigenvalue weighted by atomic mass is 10.0. The van der Waals surface area contributed by atoms with Crippen LogP contribution in [0.5, 0.6) is 0 Å². The van der Waals surface area contributed by atoms with Crippen LogP contribution in [-0.2, 0) is 6.54 Å². The largest absolute Gasteiger partial charge is 0.308 e. The van der Waals surface area contributed by atoms with Crippen LogP contribution in [-0.4, -0.2) is 31.6 Å². The second-order valence-electron chi connectivity index (χ2n) is 5.41. The Morgan fingerprint density at radius 3 is 2.53 bits per heavy atom. The van der Waals surface area contributed by atoms with Crippen molar-refractivity contribution in [1.29, 1.82) is 5.26 Å². The van der Waals surface area contributed by atoms with E-state index < -0.39 is 0 Å². The molecule has 1 rings (SSSR count). The summed E-state index contributed by atoms with van der Waals surface area (Å²) in [5, 5.41) is 13.0. The van der Waals surface area contributed by atoms with Crippen molar-refractivity contribution < 1.29 is 0 Å². The SMILES string of the molecule is CC(C)C(CN(C)C)NCc1ccc(C#N)cc1Cl. The summed E-state index contributed by atoms with van der Waals surface area (Å²) in [7, 11) is 4.15. The molecule has 4 heteroatoms. The summed E-state index contributed by atoms with van der Waals surface area (Å²) >= 11 is 6.18. The number of nitrogens with one attached hydrogen (secondary N) is 1. The van der Waals surface area contributed by atoms with Gasteiger partial charge in [0.25, 0.3) is 0 Å². The molecule has 0 aromatic heterocycles. The van der Waals surface area contributed by atoms with Crippen molar-refractivity contribution in [1.82, 2.24) is 10.2 Å². The van der Waals surface area contributed by atoms with E-state index in [1.165, 1.54) is 0 Å².